The first-order chi connectivity index (χ1) is 19.1. The quantitative estimate of drug-likeness (QED) is 0.253. The van der Waals surface area contributed by atoms with Crippen LogP contribution in [0.2, 0.25) is 0 Å². The Bertz CT molecular complexity index is 1840. The average molecular weight is 526 g/mol. The van der Waals surface area contributed by atoms with Crippen molar-refractivity contribution in [2.45, 2.75) is 16.7 Å². The van der Waals surface area contributed by atoms with Gasteiger partial charge in [-0.3, -0.25) is 4.79 Å². The molecule has 6 nitrogen and oxygen atoms in total. The molecule has 7 heteroatoms. The second kappa shape index (κ2) is 9.45. The fourth-order valence-electron chi connectivity index (χ4n) is 4.84. The first-order valence-corrected chi connectivity index (χ1v) is 13.5. The second-order valence-corrected chi connectivity index (χ2v) is 10.4. The summed E-state index contributed by atoms with van der Waals surface area (Å²) in [7, 11) is 0. The Morgan fingerprint density at radius 2 is 1.46 bits per heavy atom. The lowest BCUT2D eigenvalue weighted by Crippen LogP contribution is -2.09. The van der Waals surface area contributed by atoms with Crippen molar-refractivity contribution in [3.63, 3.8) is 0 Å². The number of nitrogens with zero attached hydrogens (tertiary/aromatic N) is 4. The van der Waals surface area contributed by atoms with Crippen LogP contribution in [0.15, 0.2) is 125 Å². The predicted molar refractivity (Wildman–Crippen MR) is 156 cm³/mol. The standard InChI is InChI=1S/C32H23N5OS/c1-21(38)37-29(25-20-36(24-12-6-3-7-13-24)35-32(25)22-10-4-2-5-11-22)19-27(34-37)23-16-17-31-28(18-23)33-26-14-8-9-15-30(26)39-31/h2-20,33H,1H3. The molecular weight excluding hydrogens is 502 g/mol. The van der Waals surface area contributed by atoms with Crippen molar-refractivity contribution in [2.75, 3.05) is 5.32 Å². The maximum Gasteiger partial charge on any atom is 0.244 e. The van der Waals surface area contributed by atoms with Gasteiger partial charge in [0, 0.05) is 39.6 Å². The van der Waals surface area contributed by atoms with E-state index < -0.39 is 0 Å². The maximum atomic E-state index is 12.8. The molecule has 0 saturated carbocycles. The summed E-state index contributed by atoms with van der Waals surface area (Å²) in [5.74, 6) is -0.164. The highest BCUT2D eigenvalue weighted by Crippen LogP contribution is 2.45. The van der Waals surface area contributed by atoms with E-state index >= 15 is 0 Å². The molecule has 39 heavy (non-hydrogen) atoms. The van der Waals surface area contributed by atoms with Crippen LogP contribution in [0.25, 0.3) is 39.5 Å². The van der Waals surface area contributed by atoms with Crippen molar-refractivity contribution < 1.29 is 4.79 Å². The highest BCUT2D eigenvalue weighted by Gasteiger charge is 2.22. The van der Waals surface area contributed by atoms with Gasteiger partial charge in [-0.05, 0) is 42.5 Å². The lowest BCUT2D eigenvalue weighted by molar-refractivity contribution is 0.0923. The fraction of sp³-hybridized carbons (Fsp3) is 0.0312. The number of aromatic nitrogens is 4. The Morgan fingerprint density at radius 1 is 0.744 bits per heavy atom. The largest absolute Gasteiger partial charge is 0.354 e. The number of rotatable bonds is 4. The van der Waals surface area contributed by atoms with Gasteiger partial charge in [0.25, 0.3) is 0 Å². The van der Waals surface area contributed by atoms with Gasteiger partial charge < -0.3 is 5.32 Å². The molecule has 0 fully saturated rings. The predicted octanol–water partition coefficient (Wildman–Crippen LogP) is 7.94. The number of carbonyl (C=O) groups is 1. The highest BCUT2D eigenvalue weighted by molar-refractivity contribution is 7.99. The van der Waals surface area contributed by atoms with Gasteiger partial charge in [-0.2, -0.15) is 14.9 Å². The molecule has 2 aromatic heterocycles. The van der Waals surface area contributed by atoms with Crippen molar-refractivity contribution in [1.29, 1.82) is 0 Å². The van der Waals surface area contributed by atoms with E-state index in [0.29, 0.717) is 5.69 Å². The molecule has 4 aromatic carbocycles. The molecule has 188 valence electrons. The van der Waals surface area contributed by atoms with E-state index in [0.717, 1.165) is 50.0 Å². The molecule has 1 aliphatic heterocycles. The van der Waals surface area contributed by atoms with Crippen molar-refractivity contribution in [2.24, 2.45) is 0 Å². The lowest BCUT2D eigenvalue weighted by atomic mass is 10.0. The number of fused-ring (bicyclic) bond motifs is 2. The minimum atomic E-state index is -0.164. The van der Waals surface area contributed by atoms with Gasteiger partial charge >= 0.3 is 0 Å². The van der Waals surface area contributed by atoms with Crippen LogP contribution < -0.4 is 5.32 Å². The minimum absolute atomic E-state index is 0.164. The molecule has 0 atom stereocenters. The van der Waals surface area contributed by atoms with Crippen LogP contribution in [0.5, 0.6) is 0 Å². The molecule has 7 rings (SSSR count). The van der Waals surface area contributed by atoms with Crippen LogP contribution >= 0.6 is 11.8 Å². The number of hydrogen-bond acceptors (Lipinski definition) is 5. The highest BCUT2D eigenvalue weighted by atomic mass is 32.2. The van der Waals surface area contributed by atoms with Gasteiger partial charge in [-0.15, -0.1) is 0 Å². The third-order valence-corrected chi connectivity index (χ3v) is 7.87. The summed E-state index contributed by atoms with van der Waals surface area (Å²) in [6, 6.07) is 36.5. The van der Waals surface area contributed by atoms with Crippen LogP contribution in [0.3, 0.4) is 0 Å². The smallest absolute Gasteiger partial charge is 0.244 e. The second-order valence-electron chi connectivity index (χ2n) is 9.32. The molecule has 3 heterocycles. The summed E-state index contributed by atoms with van der Waals surface area (Å²) >= 11 is 1.74. The Hall–Kier alpha value is -4.88. The summed E-state index contributed by atoms with van der Waals surface area (Å²) in [6.07, 6.45) is 1.97. The van der Waals surface area contributed by atoms with E-state index in [1.165, 1.54) is 16.5 Å². The Balaban J connectivity index is 1.35. The SMILES string of the molecule is CC(=O)n1nc(-c2ccc3c(c2)Nc2ccccc2S3)cc1-c1cn(-c2ccccc2)nc1-c1ccccc1. The maximum absolute atomic E-state index is 12.8. The third kappa shape index (κ3) is 4.23. The normalized spacial score (nSPS) is 11.9. The van der Waals surface area contributed by atoms with Crippen LogP contribution in [-0.4, -0.2) is 25.5 Å². The number of benzene rings is 4. The van der Waals surface area contributed by atoms with Gasteiger partial charge in [0.2, 0.25) is 5.91 Å². The number of hydrogen-bond donors (Lipinski definition) is 1. The zero-order valence-corrected chi connectivity index (χ0v) is 21.9. The summed E-state index contributed by atoms with van der Waals surface area (Å²) in [4.78, 5) is 15.2. The van der Waals surface area contributed by atoms with Gasteiger partial charge in [0.1, 0.15) is 5.69 Å². The molecule has 0 saturated heterocycles. The van der Waals surface area contributed by atoms with Gasteiger partial charge in [0.05, 0.1) is 28.5 Å². The first-order valence-electron chi connectivity index (χ1n) is 12.6. The van der Waals surface area contributed by atoms with Crippen molar-refractivity contribution in [3.8, 4) is 39.5 Å². The van der Waals surface area contributed by atoms with E-state index in [9.17, 15) is 4.79 Å². The van der Waals surface area contributed by atoms with E-state index in [2.05, 4.69) is 35.6 Å². The zero-order chi connectivity index (χ0) is 26.3. The number of para-hydroxylation sites is 2. The first kappa shape index (κ1) is 23.3. The Kier molecular flexibility index (Phi) is 5.64. The Labute approximate surface area is 229 Å². The minimum Gasteiger partial charge on any atom is -0.354 e. The lowest BCUT2D eigenvalue weighted by Gasteiger charge is -2.21. The molecule has 0 radical (unpaired) electrons. The molecular formula is C32H23N5OS. The van der Waals surface area contributed by atoms with E-state index in [-0.39, 0.29) is 5.91 Å². The average Bonchev–Trinajstić information content (AvgIpc) is 3.62. The third-order valence-electron chi connectivity index (χ3n) is 6.72. The number of carbonyl (C=O) groups excluding carboxylic acids is 1. The van der Waals surface area contributed by atoms with Crippen molar-refractivity contribution in [1.82, 2.24) is 19.6 Å². The summed E-state index contributed by atoms with van der Waals surface area (Å²) in [6.45, 7) is 1.53. The number of nitrogens with one attached hydrogen (secondary N) is 1. The van der Waals surface area contributed by atoms with E-state index in [1.807, 2.05) is 89.7 Å². The summed E-state index contributed by atoms with van der Waals surface area (Å²) < 4.78 is 3.33. The molecule has 0 aliphatic carbocycles. The molecule has 0 amide bonds. The van der Waals surface area contributed by atoms with Crippen LogP contribution in [-0.2, 0) is 0 Å². The topological polar surface area (TPSA) is 64.7 Å². The van der Waals surface area contributed by atoms with Crippen molar-refractivity contribution in [3.05, 3.63) is 115 Å². The van der Waals surface area contributed by atoms with Crippen molar-refractivity contribution >= 4 is 29.0 Å². The monoisotopic (exact) mass is 525 g/mol. The molecule has 1 N–H and O–H groups in total. The van der Waals surface area contributed by atoms with Gasteiger partial charge in [-0.1, -0.05) is 78.5 Å². The fourth-order valence-corrected chi connectivity index (χ4v) is 5.80. The molecule has 6 aromatic rings. The molecule has 0 spiro atoms. The zero-order valence-electron chi connectivity index (χ0n) is 21.1. The van der Waals surface area contributed by atoms with Crippen LogP contribution in [0.1, 0.15) is 11.7 Å². The molecule has 0 bridgehead atoms. The van der Waals surface area contributed by atoms with Crippen LogP contribution in [0, 0.1) is 0 Å². The van der Waals surface area contributed by atoms with Gasteiger partial charge in [-0.25, -0.2) is 4.68 Å². The van der Waals surface area contributed by atoms with E-state index in [1.54, 1.807) is 11.8 Å². The molecule has 1 aliphatic rings. The number of anilines is 2. The summed E-state index contributed by atoms with van der Waals surface area (Å²) in [5.41, 5.74) is 7.98. The summed E-state index contributed by atoms with van der Waals surface area (Å²) in [5, 5.41) is 13.2. The van der Waals surface area contributed by atoms with Gasteiger partial charge in [0.15, 0.2) is 0 Å². The van der Waals surface area contributed by atoms with Crippen LogP contribution in [0.4, 0.5) is 11.4 Å². The van der Waals surface area contributed by atoms with E-state index in [4.69, 9.17) is 10.2 Å². The Morgan fingerprint density at radius 3 is 2.26 bits per heavy atom. The molecule has 0 unspecified atom stereocenters.